The van der Waals surface area contributed by atoms with Crippen molar-refractivity contribution in [3.8, 4) is 11.5 Å². The van der Waals surface area contributed by atoms with Crippen LogP contribution in [0.25, 0.3) is 0 Å². The molecule has 2 aromatic carbocycles. The van der Waals surface area contributed by atoms with E-state index in [-0.39, 0.29) is 66.0 Å². The second-order valence-electron chi connectivity index (χ2n) is 14.1. The summed E-state index contributed by atoms with van der Waals surface area (Å²) in [5, 5.41) is -1.50. The number of benzene rings is 2. The monoisotopic (exact) mass is 782 g/mol. The Morgan fingerprint density at radius 2 is 0.917 bits per heavy atom. The highest BCUT2D eigenvalue weighted by atomic mass is 35.5. The van der Waals surface area contributed by atoms with Gasteiger partial charge >= 0.3 is 23.9 Å². The highest BCUT2D eigenvalue weighted by Crippen LogP contribution is 2.62. The fourth-order valence-electron chi connectivity index (χ4n) is 7.32. The summed E-state index contributed by atoms with van der Waals surface area (Å²) < 4.78 is 21.5. The Morgan fingerprint density at radius 1 is 0.604 bits per heavy atom. The number of rotatable bonds is 10. The average molecular weight is 785 g/mol. The number of halogens is 6. The molecule has 0 spiro atoms. The van der Waals surface area contributed by atoms with Gasteiger partial charge in [-0.15, -0.1) is 0 Å². The lowest BCUT2D eigenvalue weighted by molar-refractivity contribution is -0.156. The molecule has 48 heavy (non-hydrogen) atoms. The second kappa shape index (κ2) is 14.4. The largest absolute Gasteiger partial charge is 0.462 e. The molecule has 4 rings (SSSR count). The van der Waals surface area contributed by atoms with Gasteiger partial charge in [-0.3, -0.25) is 0 Å². The molecule has 3 unspecified atom stereocenters. The van der Waals surface area contributed by atoms with Crippen LogP contribution in [-0.2, 0) is 19.1 Å². The Hall–Kier alpha value is -1.94. The van der Waals surface area contributed by atoms with Crippen LogP contribution < -0.4 is 9.47 Å². The van der Waals surface area contributed by atoms with Gasteiger partial charge in [0.25, 0.3) is 0 Å². The molecule has 0 bridgehead atoms. The molecule has 0 aliphatic heterocycles. The van der Waals surface area contributed by atoms with Crippen molar-refractivity contribution in [3.05, 3.63) is 53.4 Å². The fourth-order valence-corrected chi connectivity index (χ4v) is 8.76. The van der Waals surface area contributed by atoms with Gasteiger partial charge < -0.3 is 18.9 Å². The number of ether oxygens (including phenoxy) is 4. The molecule has 2 aliphatic carbocycles. The molecular formula is C34H36Cl6O8. The minimum atomic E-state index is -1.64. The quantitative estimate of drug-likeness (QED) is 0.101. The standard InChI is InChI=1S/C34H36Cl6O8/c1-13(2)23-15(33(23,5)6)11-45-29(41)21-25(39)17(35)9-19(37)27(21)47-31(43)32(44)48-28-20(38)10-18(36)26(40)22(28)30(42)46-12-16-24(14(3)4)34(16,7)8/h9-10,13-16,23-24H,11-12H2,1-8H3/t15?,16?,23-,24?/m0/s1. The van der Waals surface area contributed by atoms with Crippen LogP contribution in [0.1, 0.15) is 76.1 Å². The number of esters is 4. The summed E-state index contributed by atoms with van der Waals surface area (Å²) >= 11 is 37.6. The predicted molar refractivity (Wildman–Crippen MR) is 186 cm³/mol. The van der Waals surface area contributed by atoms with E-state index in [4.69, 9.17) is 88.6 Å². The maximum atomic E-state index is 13.3. The first kappa shape index (κ1) is 38.9. The minimum Gasteiger partial charge on any atom is -0.462 e. The topological polar surface area (TPSA) is 105 Å². The van der Waals surface area contributed by atoms with Crippen LogP contribution in [0.15, 0.2) is 12.1 Å². The molecule has 8 nitrogen and oxygen atoms in total. The van der Waals surface area contributed by atoms with E-state index in [2.05, 4.69) is 55.4 Å². The number of carbonyl (C=O) groups excluding carboxylic acids is 4. The number of hydrogen-bond donors (Lipinski definition) is 0. The van der Waals surface area contributed by atoms with Gasteiger partial charge in [0.1, 0.15) is 11.1 Å². The van der Waals surface area contributed by atoms with Gasteiger partial charge in [0.2, 0.25) is 0 Å². The molecule has 0 saturated heterocycles. The molecule has 0 N–H and O–H groups in total. The molecule has 0 aromatic heterocycles. The van der Waals surface area contributed by atoms with Gasteiger partial charge in [-0.25, -0.2) is 19.2 Å². The van der Waals surface area contributed by atoms with Gasteiger partial charge in [0, 0.05) is 11.8 Å². The maximum Gasteiger partial charge on any atom is 0.423 e. The predicted octanol–water partition coefficient (Wildman–Crippen LogP) is 10.3. The Bertz CT molecular complexity index is 1550. The lowest BCUT2D eigenvalue weighted by Gasteiger charge is -2.16. The van der Waals surface area contributed by atoms with Crippen molar-refractivity contribution in [1.29, 1.82) is 0 Å². The number of hydrogen-bond acceptors (Lipinski definition) is 8. The smallest absolute Gasteiger partial charge is 0.423 e. The molecule has 0 radical (unpaired) electrons. The van der Waals surface area contributed by atoms with Crippen molar-refractivity contribution in [2.45, 2.75) is 55.4 Å². The summed E-state index contributed by atoms with van der Waals surface area (Å²) in [6, 6.07) is 2.26. The fraction of sp³-hybridized carbons (Fsp3) is 0.529. The first-order chi connectivity index (χ1) is 22.1. The molecule has 2 saturated carbocycles. The van der Waals surface area contributed by atoms with E-state index in [1.54, 1.807) is 0 Å². The van der Waals surface area contributed by atoms with E-state index in [0.717, 1.165) is 12.1 Å². The lowest BCUT2D eigenvalue weighted by Crippen LogP contribution is -2.27. The van der Waals surface area contributed by atoms with Crippen molar-refractivity contribution in [2.24, 2.45) is 46.3 Å². The van der Waals surface area contributed by atoms with Crippen LogP contribution in [-0.4, -0.2) is 37.1 Å². The molecule has 262 valence electrons. The van der Waals surface area contributed by atoms with Crippen molar-refractivity contribution in [2.75, 3.05) is 13.2 Å². The van der Waals surface area contributed by atoms with E-state index in [0.29, 0.717) is 23.7 Å². The number of carbonyl (C=O) groups is 4. The molecule has 14 heteroatoms. The summed E-state index contributed by atoms with van der Waals surface area (Å²) in [5.74, 6) is -4.85. The van der Waals surface area contributed by atoms with Crippen molar-refractivity contribution in [3.63, 3.8) is 0 Å². The maximum absolute atomic E-state index is 13.3. The SMILES string of the molecule is CC(C)C1C(COC(=O)c2c(Cl)c(Cl)cc(Cl)c2OC(=O)C(=O)Oc2c(Cl)cc(Cl)c(Cl)c2C(=O)OCC2[C@H](C(C)C)C2(C)C)C1(C)C. The highest BCUT2D eigenvalue weighted by molar-refractivity contribution is 6.47. The Morgan fingerprint density at radius 3 is 1.19 bits per heavy atom. The minimum absolute atomic E-state index is 0.0502. The summed E-state index contributed by atoms with van der Waals surface area (Å²) in [7, 11) is 0. The molecule has 0 heterocycles. The van der Waals surface area contributed by atoms with Gasteiger partial charge in [-0.05, 0) is 46.6 Å². The third-order valence-electron chi connectivity index (χ3n) is 9.72. The Kier molecular flexibility index (Phi) is 11.6. The van der Waals surface area contributed by atoms with Gasteiger partial charge in [-0.1, -0.05) is 125 Å². The molecule has 0 amide bonds. The van der Waals surface area contributed by atoms with Gasteiger partial charge in [0.05, 0.1) is 43.3 Å². The summed E-state index contributed by atoms with van der Waals surface area (Å²) in [6.45, 7) is 16.8. The van der Waals surface area contributed by atoms with Crippen LogP contribution in [0.4, 0.5) is 0 Å². The van der Waals surface area contributed by atoms with Crippen LogP contribution in [0.5, 0.6) is 11.5 Å². The third kappa shape index (κ3) is 7.54. The average Bonchev–Trinajstić information content (AvgIpc) is 3.76. The summed E-state index contributed by atoms with van der Waals surface area (Å²) in [4.78, 5) is 52.7. The van der Waals surface area contributed by atoms with Gasteiger partial charge in [-0.2, -0.15) is 0 Å². The van der Waals surface area contributed by atoms with Crippen LogP contribution in [0, 0.1) is 46.3 Å². The van der Waals surface area contributed by atoms with E-state index in [1.807, 2.05) is 0 Å². The van der Waals surface area contributed by atoms with Crippen molar-refractivity contribution in [1.82, 2.24) is 0 Å². The van der Waals surface area contributed by atoms with E-state index in [1.165, 1.54) is 0 Å². The molecule has 2 fully saturated rings. The molecular weight excluding hydrogens is 749 g/mol. The van der Waals surface area contributed by atoms with Crippen molar-refractivity contribution < 1.29 is 38.1 Å². The van der Waals surface area contributed by atoms with Crippen LogP contribution >= 0.6 is 69.6 Å². The van der Waals surface area contributed by atoms with Crippen molar-refractivity contribution >= 4 is 93.5 Å². The summed E-state index contributed by atoms with van der Waals surface area (Å²) in [6.07, 6.45) is 0. The van der Waals surface area contributed by atoms with E-state index >= 15 is 0 Å². The van der Waals surface area contributed by atoms with Crippen LogP contribution in [0.2, 0.25) is 30.1 Å². The molecule has 4 atom stereocenters. The Labute approximate surface area is 309 Å². The van der Waals surface area contributed by atoms with E-state index < -0.39 is 46.5 Å². The first-order valence-electron chi connectivity index (χ1n) is 15.3. The zero-order valence-corrected chi connectivity index (χ0v) is 32.1. The second-order valence-corrected chi connectivity index (χ2v) is 16.5. The van der Waals surface area contributed by atoms with Crippen LogP contribution in [0.3, 0.4) is 0 Å². The Balaban J connectivity index is 1.54. The summed E-state index contributed by atoms with van der Waals surface area (Å²) in [5.41, 5.74) is -1.03. The zero-order valence-electron chi connectivity index (χ0n) is 27.6. The molecule has 2 aliphatic rings. The normalized spacial score (nSPS) is 21.9. The zero-order chi connectivity index (χ0) is 36.2. The first-order valence-corrected chi connectivity index (χ1v) is 17.5. The van der Waals surface area contributed by atoms with Gasteiger partial charge in [0.15, 0.2) is 11.5 Å². The highest BCUT2D eigenvalue weighted by Gasteiger charge is 2.60. The third-order valence-corrected chi connectivity index (χ3v) is 11.9. The molecule has 2 aromatic rings. The van der Waals surface area contributed by atoms with E-state index in [9.17, 15) is 19.2 Å². The lowest BCUT2D eigenvalue weighted by atomic mass is 10.0.